The number of hydrogen-bond acceptors (Lipinski definition) is 4. The Kier molecular flexibility index (Phi) is 9.72. The lowest BCUT2D eigenvalue weighted by molar-refractivity contribution is 0.0954. The molecular weight excluding hydrogens is 493 g/mol. The quantitative estimate of drug-likeness (QED) is 0.225. The summed E-state index contributed by atoms with van der Waals surface area (Å²) in [6.45, 7) is 2.96. The number of benzene rings is 2. The lowest BCUT2D eigenvalue weighted by atomic mass is 10.2. The summed E-state index contributed by atoms with van der Waals surface area (Å²) in [6.07, 6.45) is 1.02. The van der Waals surface area contributed by atoms with Crippen LogP contribution in [-0.2, 0) is 0 Å². The molecule has 1 heterocycles. The number of halogens is 1. The van der Waals surface area contributed by atoms with E-state index >= 15 is 0 Å². The van der Waals surface area contributed by atoms with Crippen LogP contribution in [0.3, 0.4) is 0 Å². The molecule has 0 aromatic heterocycles. The van der Waals surface area contributed by atoms with Gasteiger partial charge in [0.2, 0.25) is 0 Å². The lowest BCUT2D eigenvalue weighted by Gasteiger charge is -2.22. The maximum atomic E-state index is 12.1. The average molecular weight is 523 g/mol. The zero-order valence-electron chi connectivity index (χ0n) is 17.4. The van der Waals surface area contributed by atoms with Crippen molar-refractivity contribution in [2.24, 2.45) is 4.99 Å². The van der Waals surface area contributed by atoms with Crippen molar-refractivity contribution in [1.29, 1.82) is 0 Å². The van der Waals surface area contributed by atoms with Crippen molar-refractivity contribution in [3.63, 3.8) is 0 Å². The van der Waals surface area contributed by atoms with E-state index in [1.807, 2.05) is 36.4 Å². The predicted molar refractivity (Wildman–Crippen MR) is 132 cm³/mol. The molecule has 162 valence electrons. The molecule has 30 heavy (non-hydrogen) atoms. The number of para-hydroxylation sites is 2. The van der Waals surface area contributed by atoms with Crippen molar-refractivity contribution in [3.05, 3.63) is 60.2 Å². The predicted octanol–water partition coefficient (Wildman–Crippen LogP) is 2.49. The van der Waals surface area contributed by atoms with Gasteiger partial charge in [0.25, 0.3) is 5.91 Å². The maximum Gasteiger partial charge on any atom is 0.251 e. The molecule has 1 aliphatic heterocycles. The molecule has 1 unspecified atom stereocenters. The molecule has 0 saturated carbocycles. The molecule has 0 aliphatic carbocycles. The Bertz CT molecular complexity index is 831. The number of nitrogens with zero attached hydrogens (tertiary/aromatic N) is 2. The third-order valence-corrected chi connectivity index (χ3v) is 4.92. The molecule has 3 N–H and O–H groups in total. The Morgan fingerprint density at radius 1 is 1.10 bits per heavy atom. The van der Waals surface area contributed by atoms with Crippen LogP contribution in [0.25, 0.3) is 0 Å². The highest BCUT2D eigenvalue weighted by Crippen LogP contribution is 2.30. The Morgan fingerprint density at radius 2 is 1.80 bits per heavy atom. The van der Waals surface area contributed by atoms with Gasteiger partial charge in [0.15, 0.2) is 5.96 Å². The van der Waals surface area contributed by atoms with Gasteiger partial charge in [-0.15, -0.1) is 24.0 Å². The van der Waals surface area contributed by atoms with Crippen LogP contribution in [0.5, 0.6) is 5.75 Å². The molecule has 2 aromatic carbocycles. The van der Waals surface area contributed by atoms with E-state index in [1.165, 1.54) is 0 Å². The van der Waals surface area contributed by atoms with Crippen LogP contribution < -0.4 is 25.6 Å². The van der Waals surface area contributed by atoms with Crippen molar-refractivity contribution < 1.29 is 9.53 Å². The van der Waals surface area contributed by atoms with E-state index in [0.29, 0.717) is 24.7 Å². The van der Waals surface area contributed by atoms with E-state index in [2.05, 4.69) is 31.9 Å². The van der Waals surface area contributed by atoms with Crippen LogP contribution in [0.4, 0.5) is 5.69 Å². The second-order valence-electron chi connectivity index (χ2n) is 6.87. The van der Waals surface area contributed by atoms with Crippen LogP contribution >= 0.6 is 24.0 Å². The first-order valence-corrected chi connectivity index (χ1v) is 9.89. The number of carbonyl (C=O) groups is 1. The number of methoxy groups -OCH3 is 1. The summed E-state index contributed by atoms with van der Waals surface area (Å²) in [5.74, 6) is 1.56. The fraction of sp³-hybridized carbons (Fsp3) is 0.364. The summed E-state index contributed by atoms with van der Waals surface area (Å²) in [4.78, 5) is 18.7. The van der Waals surface area contributed by atoms with Crippen LogP contribution in [0, 0.1) is 0 Å². The molecule has 8 heteroatoms. The average Bonchev–Trinajstić information content (AvgIpc) is 3.24. The first kappa shape index (κ1) is 23.8. The van der Waals surface area contributed by atoms with Gasteiger partial charge in [0, 0.05) is 44.8 Å². The van der Waals surface area contributed by atoms with E-state index in [4.69, 9.17) is 4.74 Å². The number of carbonyl (C=O) groups excluding carboxylic acids is 1. The summed E-state index contributed by atoms with van der Waals surface area (Å²) < 4.78 is 5.48. The van der Waals surface area contributed by atoms with Gasteiger partial charge in [-0.25, -0.2) is 0 Å². The minimum atomic E-state index is -0.0708. The van der Waals surface area contributed by atoms with Crippen molar-refractivity contribution >= 4 is 41.5 Å². The normalized spacial score (nSPS) is 15.9. The summed E-state index contributed by atoms with van der Waals surface area (Å²) in [7, 11) is 3.46. The largest absolute Gasteiger partial charge is 0.495 e. The van der Waals surface area contributed by atoms with Gasteiger partial charge in [0.1, 0.15) is 5.75 Å². The number of rotatable bonds is 7. The fourth-order valence-corrected chi connectivity index (χ4v) is 3.42. The monoisotopic (exact) mass is 523 g/mol. The molecule has 7 nitrogen and oxygen atoms in total. The Morgan fingerprint density at radius 3 is 2.53 bits per heavy atom. The van der Waals surface area contributed by atoms with Gasteiger partial charge in [-0.05, 0) is 30.7 Å². The molecule has 0 radical (unpaired) electrons. The Hall–Kier alpha value is -2.49. The molecule has 1 atom stereocenters. The molecule has 0 bridgehead atoms. The highest BCUT2D eigenvalue weighted by molar-refractivity contribution is 14.0. The first-order chi connectivity index (χ1) is 14.2. The Balaban J connectivity index is 0.00000320. The molecule has 0 spiro atoms. The zero-order chi connectivity index (χ0) is 20.5. The summed E-state index contributed by atoms with van der Waals surface area (Å²) >= 11 is 0. The summed E-state index contributed by atoms with van der Waals surface area (Å²) in [6, 6.07) is 17.6. The Labute approximate surface area is 195 Å². The van der Waals surface area contributed by atoms with E-state index in [9.17, 15) is 4.79 Å². The molecule has 1 aliphatic rings. The van der Waals surface area contributed by atoms with Crippen LogP contribution in [-0.4, -0.2) is 58.2 Å². The molecule has 1 amide bonds. The standard InChI is InChI=1S/C22H29N5O2.HI/c1-23-22(25-14-13-24-21(28)17-8-4-3-5-9-17)26-18-12-15-27(16-18)19-10-6-7-11-20(19)29-2;/h3-11,18H,12-16H2,1-2H3,(H,24,28)(H2,23,25,26);1H. The third kappa shape index (κ3) is 6.51. The number of guanidine groups is 1. The van der Waals surface area contributed by atoms with E-state index < -0.39 is 0 Å². The zero-order valence-corrected chi connectivity index (χ0v) is 19.8. The number of aliphatic imine (C=N–C) groups is 1. The van der Waals surface area contributed by atoms with E-state index in [-0.39, 0.29) is 29.9 Å². The second-order valence-corrected chi connectivity index (χ2v) is 6.87. The summed E-state index contributed by atoms with van der Waals surface area (Å²) in [5, 5.41) is 9.63. The lowest BCUT2D eigenvalue weighted by Crippen LogP contribution is -2.46. The van der Waals surface area contributed by atoms with Crippen molar-refractivity contribution in [3.8, 4) is 5.75 Å². The van der Waals surface area contributed by atoms with E-state index in [0.717, 1.165) is 36.9 Å². The van der Waals surface area contributed by atoms with E-state index in [1.54, 1.807) is 26.3 Å². The number of amides is 1. The molecule has 1 fully saturated rings. The van der Waals surface area contributed by atoms with Gasteiger partial charge in [-0.1, -0.05) is 30.3 Å². The molecule has 2 aromatic rings. The van der Waals surface area contributed by atoms with Crippen LogP contribution in [0.1, 0.15) is 16.8 Å². The van der Waals surface area contributed by atoms with Gasteiger partial charge < -0.3 is 25.6 Å². The fourth-order valence-electron chi connectivity index (χ4n) is 3.42. The van der Waals surface area contributed by atoms with Gasteiger partial charge in [-0.2, -0.15) is 0 Å². The van der Waals surface area contributed by atoms with Gasteiger partial charge in [0.05, 0.1) is 12.8 Å². The summed E-state index contributed by atoms with van der Waals surface area (Å²) in [5.41, 5.74) is 1.78. The van der Waals surface area contributed by atoms with Gasteiger partial charge in [-0.3, -0.25) is 9.79 Å². The minimum Gasteiger partial charge on any atom is -0.495 e. The van der Waals surface area contributed by atoms with Crippen molar-refractivity contribution in [2.75, 3.05) is 45.2 Å². The van der Waals surface area contributed by atoms with Crippen LogP contribution in [0.15, 0.2) is 59.6 Å². The highest BCUT2D eigenvalue weighted by atomic mass is 127. The number of nitrogens with one attached hydrogen (secondary N) is 3. The molecule has 3 rings (SSSR count). The topological polar surface area (TPSA) is 78.0 Å². The molecule has 1 saturated heterocycles. The minimum absolute atomic E-state index is 0. The maximum absolute atomic E-state index is 12.1. The SMILES string of the molecule is CN=C(NCCNC(=O)c1ccccc1)NC1CCN(c2ccccc2OC)C1.I. The highest BCUT2D eigenvalue weighted by Gasteiger charge is 2.25. The smallest absolute Gasteiger partial charge is 0.251 e. The second kappa shape index (κ2) is 12.3. The first-order valence-electron chi connectivity index (χ1n) is 9.89. The van der Waals surface area contributed by atoms with Crippen LogP contribution in [0.2, 0.25) is 0 Å². The number of hydrogen-bond donors (Lipinski definition) is 3. The number of ether oxygens (including phenoxy) is 1. The van der Waals surface area contributed by atoms with Gasteiger partial charge >= 0.3 is 0 Å². The van der Waals surface area contributed by atoms with Crippen molar-refractivity contribution in [2.45, 2.75) is 12.5 Å². The molecular formula is C22H30IN5O2. The number of anilines is 1. The third-order valence-electron chi connectivity index (χ3n) is 4.92. The van der Waals surface area contributed by atoms with Crippen molar-refractivity contribution in [1.82, 2.24) is 16.0 Å².